The van der Waals surface area contributed by atoms with Crippen molar-refractivity contribution in [2.45, 2.75) is 31.8 Å². The average molecular weight is 439 g/mol. The van der Waals surface area contributed by atoms with Gasteiger partial charge in [-0.3, -0.25) is 4.79 Å². The molecule has 2 aliphatic heterocycles. The summed E-state index contributed by atoms with van der Waals surface area (Å²) in [5.74, 6) is 0.622. The van der Waals surface area contributed by atoms with E-state index in [1.54, 1.807) is 36.3 Å². The first-order valence-corrected chi connectivity index (χ1v) is 11.0. The molecule has 2 aromatic carbocycles. The van der Waals surface area contributed by atoms with Crippen LogP contribution in [0, 0.1) is 0 Å². The number of piperidine rings is 1. The summed E-state index contributed by atoms with van der Waals surface area (Å²) in [5.41, 5.74) is 2.61. The lowest BCUT2D eigenvalue weighted by molar-refractivity contribution is -0.121. The molecule has 0 aliphatic carbocycles. The summed E-state index contributed by atoms with van der Waals surface area (Å²) in [6, 6.07) is 14.5. The molecule has 0 bridgehead atoms. The van der Waals surface area contributed by atoms with Gasteiger partial charge < -0.3 is 29.9 Å². The number of hydrogen-bond acceptors (Lipinski definition) is 5. The number of nitrogens with one attached hydrogen (secondary N) is 2. The van der Waals surface area contributed by atoms with Crippen LogP contribution in [-0.2, 0) is 9.53 Å². The largest absolute Gasteiger partial charge is 0.497 e. The molecule has 2 fully saturated rings. The van der Waals surface area contributed by atoms with Crippen molar-refractivity contribution in [1.29, 1.82) is 0 Å². The van der Waals surface area contributed by atoms with Gasteiger partial charge in [0.1, 0.15) is 11.8 Å². The molecular formula is C24H30N4O4. The molecule has 8 heteroatoms. The Bertz CT molecular complexity index is 932. The number of methoxy groups -OCH3 is 1. The second-order valence-electron chi connectivity index (χ2n) is 8.15. The van der Waals surface area contributed by atoms with Gasteiger partial charge in [0.15, 0.2) is 0 Å². The Labute approximate surface area is 188 Å². The highest BCUT2D eigenvalue weighted by Gasteiger charge is 2.31. The van der Waals surface area contributed by atoms with Crippen molar-refractivity contribution in [1.82, 2.24) is 5.32 Å². The Morgan fingerprint density at radius 2 is 1.78 bits per heavy atom. The summed E-state index contributed by atoms with van der Waals surface area (Å²) < 4.78 is 10.6. The topological polar surface area (TPSA) is 83.1 Å². The zero-order valence-corrected chi connectivity index (χ0v) is 18.5. The van der Waals surface area contributed by atoms with Crippen LogP contribution < -0.4 is 25.2 Å². The van der Waals surface area contributed by atoms with E-state index in [1.165, 1.54) is 0 Å². The maximum Gasteiger partial charge on any atom is 0.319 e. The van der Waals surface area contributed by atoms with Crippen LogP contribution in [0.25, 0.3) is 0 Å². The molecule has 0 unspecified atom stereocenters. The Kier molecular flexibility index (Phi) is 6.80. The predicted molar refractivity (Wildman–Crippen MR) is 125 cm³/mol. The van der Waals surface area contributed by atoms with Crippen molar-refractivity contribution in [2.75, 3.05) is 48.5 Å². The fourth-order valence-corrected chi connectivity index (χ4v) is 4.20. The SMILES string of the molecule is COc1ccc(NC(=O)N[C@@H]2CCCN(c3ccc(N4CCOC[C@H]4C)cc3)C2=O)cc1. The zero-order chi connectivity index (χ0) is 22.5. The standard InChI is InChI=1S/C24H30N4O4/c1-17-16-32-15-14-27(17)19-7-9-20(10-8-19)28-13-3-4-22(23(28)29)26-24(30)25-18-5-11-21(31-2)12-6-18/h5-12,17,22H,3-4,13-16H2,1-2H3,(H2,25,26,30)/t17-,22-/m1/s1. The van der Waals surface area contributed by atoms with Gasteiger partial charge in [0.25, 0.3) is 0 Å². The van der Waals surface area contributed by atoms with Gasteiger partial charge in [-0.1, -0.05) is 0 Å². The lowest BCUT2D eigenvalue weighted by Crippen LogP contribution is -2.53. The van der Waals surface area contributed by atoms with E-state index in [1.807, 2.05) is 12.1 Å². The van der Waals surface area contributed by atoms with E-state index in [4.69, 9.17) is 9.47 Å². The lowest BCUT2D eigenvalue weighted by Gasteiger charge is -2.36. The monoisotopic (exact) mass is 438 g/mol. The summed E-state index contributed by atoms with van der Waals surface area (Å²) in [7, 11) is 1.59. The normalized spacial score (nSPS) is 21.2. The molecule has 2 atom stereocenters. The molecule has 0 radical (unpaired) electrons. The number of amides is 3. The molecule has 2 aliphatic rings. The number of urea groups is 1. The summed E-state index contributed by atoms with van der Waals surface area (Å²) in [6.07, 6.45) is 1.44. The van der Waals surface area contributed by atoms with Crippen LogP contribution in [-0.4, -0.2) is 57.4 Å². The van der Waals surface area contributed by atoms with E-state index in [0.717, 1.165) is 37.6 Å². The average Bonchev–Trinajstić information content (AvgIpc) is 2.81. The van der Waals surface area contributed by atoms with Crippen LogP contribution in [0.4, 0.5) is 21.9 Å². The van der Waals surface area contributed by atoms with Gasteiger partial charge in [-0.2, -0.15) is 0 Å². The number of nitrogens with zero attached hydrogens (tertiary/aromatic N) is 2. The third-order valence-corrected chi connectivity index (χ3v) is 5.95. The first-order chi connectivity index (χ1) is 15.5. The quantitative estimate of drug-likeness (QED) is 0.749. The van der Waals surface area contributed by atoms with Crippen molar-refractivity contribution < 1.29 is 19.1 Å². The van der Waals surface area contributed by atoms with Crippen molar-refractivity contribution in [3.63, 3.8) is 0 Å². The predicted octanol–water partition coefficient (Wildman–Crippen LogP) is 3.24. The molecule has 0 aromatic heterocycles. The Balaban J connectivity index is 1.37. The van der Waals surface area contributed by atoms with Crippen LogP contribution in [0.5, 0.6) is 5.75 Å². The zero-order valence-electron chi connectivity index (χ0n) is 18.5. The van der Waals surface area contributed by atoms with E-state index in [0.29, 0.717) is 30.4 Å². The van der Waals surface area contributed by atoms with Gasteiger partial charge in [-0.15, -0.1) is 0 Å². The van der Waals surface area contributed by atoms with Crippen LogP contribution in [0.1, 0.15) is 19.8 Å². The van der Waals surface area contributed by atoms with Gasteiger partial charge in [0.2, 0.25) is 5.91 Å². The van der Waals surface area contributed by atoms with E-state index in [2.05, 4.69) is 34.6 Å². The van der Waals surface area contributed by atoms with E-state index in [-0.39, 0.29) is 5.91 Å². The summed E-state index contributed by atoms with van der Waals surface area (Å²) in [6.45, 7) is 5.10. The van der Waals surface area contributed by atoms with Gasteiger partial charge >= 0.3 is 6.03 Å². The molecule has 2 saturated heterocycles. The maximum atomic E-state index is 13.1. The van der Waals surface area contributed by atoms with Gasteiger partial charge in [-0.05, 0) is 68.3 Å². The number of morpholine rings is 1. The molecule has 0 spiro atoms. The molecule has 2 N–H and O–H groups in total. The number of anilines is 3. The first-order valence-electron chi connectivity index (χ1n) is 11.0. The maximum absolute atomic E-state index is 13.1. The number of carbonyl (C=O) groups excluding carboxylic acids is 2. The van der Waals surface area contributed by atoms with Crippen LogP contribution in [0.15, 0.2) is 48.5 Å². The Hall–Kier alpha value is -3.26. The van der Waals surface area contributed by atoms with Crippen LogP contribution >= 0.6 is 0 Å². The minimum atomic E-state index is -0.555. The highest BCUT2D eigenvalue weighted by atomic mass is 16.5. The van der Waals surface area contributed by atoms with Gasteiger partial charge in [-0.25, -0.2) is 4.79 Å². The lowest BCUT2D eigenvalue weighted by atomic mass is 10.0. The molecule has 0 saturated carbocycles. The summed E-state index contributed by atoms with van der Waals surface area (Å²) in [4.78, 5) is 29.6. The smallest absolute Gasteiger partial charge is 0.319 e. The minimum absolute atomic E-state index is 0.0892. The molecule has 4 rings (SSSR count). The Morgan fingerprint density at radius 1 is 1.06 bits per heavy atom. The third kappa shape index (κ3) is 4.96. The van der Waals surface area contributed by atoms with E-state index < -0.39 is 12.1 Å². The molecule has 3 amide bonds. The molecular weight excluding hydrogens is 408 g/mol. The van der Waals surface area contributed by atoms with Crippen molar-refractivity contribution in [3.05, 3.63) is 48.5 Å². The minimum Gasteiger partial charge on any atom is -0.497 e. The number of ether oxygens (including phenoxy) is 2. The highest BCUT2D eigenvalue weighted by Crippen LogP contribution is 2.26. The first kappa shape index (κ1) is 22.0. The van der Waals surface area contributed by atoms with E-state index in [9.17, 15) is 9.59 Å². The van der Waals surface area contributed by atoms with Crippen LogP contribution in [0.2, 0.25) is 0 Å². The number of rotatable bonds is 5. The summed E-state index contributed by atoms with van der Waals surface area (Å²) in [5, 5.41) is 5.59. The molecule has 2 aromatic rings. The van der Waals surface area contributed by atoms with Crippen molar-refractivity contribution in [3.8, 4) is 5.75 Å². The molecule has 8 nitrogen and oxygen atoms in total. The van der Waals surface area contributed by atoms with Crippen molar-refractivity contribution >= 4 is 29.0 Å². The van der Waals surface area contributed by atoms with Gasteiger partial charge in [0, 0.05) is 36.2 Å². The fraction of sp³-hybridized carbons (Fsp3) is 0.417. The van der Waals surface area contributed by atoms with Gasteiger partial charge in [0.05, 0.1) is 20.3 Å². The summed E-state index contributed by atoms with van der Waals surface area (Å²) >= 11 is 0. The number of benzene rings is 2. The molecule has 2 heterocycles. The number of hydrogen-bond donors (Lipinski definition) is 2. The molecule has 32 heavy (non-hydrogen) atoms. The number of carbonyl (C=O) groups is 2. The molecule has 170 valence electrons. The van der Waals surface area contributed by atoms with E-state index >= 15 is 0 Å². The Morgan fingerprint density at radius 3 is 2.47 bits per heavy atom. The van der Waals surface area contributed by atoms with Crippen molar-refractivity contribution in [2.24, 2.45) is 0 Å². The second kappa shape index (κ2) is 9.91. The fourth-order valence-electron chi connectivity index (χ4n) is 4.20. The third-order valence-electron chi connectivity index (χ3n) is 5.95. The second-order valence-corrected chi connectivity index (χ2v) is 8.15. The van der Waals surface area contributed by atoms with Crippen LogP contribution in [0.3, 0.4) is 0 Å². The highest BCUT2D eigenvalue weighted by molar-refractivity contribution is 6.01.